The third-order valence-corrected chi connectivity index (χ3v) is 6.66. The van der Waals surface area contributed by atoms with Gasteiger partial charge in [0, 0.05) is 31.7 Å². The lowest BCUT2D eigenvalue weighted by Gasteiger charge is -2.26. The first-order valence-electron chi connectivity index (χ1n) is 11.2. The topological polar surface area (TPSA) is 60.2 Å². The first-order chi connectivity index (χ1) is 15.7. The molecule has 2 aromatic carbocycles. The molecule has 0 radical (unpaired) electrons. The van der Waals surface area contributed by atoms with Crippen LogP contribution in [-0.2, 0) is 16.0 Å². The van der Waals surface area contributed by atoms with Crippen molar-refractivity contribution in [3.8, 4) is 5.69 Å². The van der Waals surface area contributed by atoms with Crippen molar-refractivity contribution >= 4 is 17.7 Å². The standard InChI is InChI=1S/C25H30N4O2S/c1-20-9-5-6-12-22(20)29-23(19-21-10-3-2-4-11-21)26-27-25(29)32-18-8-7-13-24(30)28-14-16-31-17-15-28/h2-6,9-12H,7-8,13-19H2,1H3. The molecule has 4 rings (SSSR count). The maximum Gasteiger partial charge on any atom is 0.222 e. The molecule has 1 fully saturated rings. The summed E-state index contributed by atoms with van der Waals surface area (Å²) >= 11 is 1.71. The second-order valence-corrected chi connectivity index (χ2v) is 9.04. The average molecular weight is 451 g/mol. The van der Waals surface area contributed by atoms with E-state index in [1.54, 1.807) is 11.8 Å². The smallest absolute Gasteiger partial charge is 0.222 e. The van der Waals surface area contributed by atoms with Gasteiger partial charge in [-0.05, 0) is 37.0 Å². The van der Waals surface area contributed by atoms with Crippen LogP contribution in [0.4, 0.5) is 0 Å². The Morgan fingerprint density at radius 1 is 1.00 bits per heavy atom. The number of amides is 1. The molecule has 0 unspecified atom stereocenters. The summed E-state index contributed by atoms with van der Waals surface area (Å²) in [6.45, 7) is 4.87. The molecule has 1 saturated heterocycles. The molecule has 0 atom stereocenters. The number of aromatic nitrogens is 3. The molecule has 0 aliphatic carbocycles. The summed E-state index contributed by atoms with van der Waals surface area (Å²) < 4.78 is 7.51. The SMILES string of the molecule is Cc1ccccc1-n1c(Cc2ccccc2)nnc1SCCCCC(=O)N1CCOCC1. The van der Waals surface area contributed by atoms with Gasteiger partial charge in [-0.1, -0.05) is 60.3 Å². The van der Waals surface area contributed by atoms with Crippen molar-refractivity contribution in [3.05, 3.63) is 71.5 Å². The predicted octanol–water partition coefficient (Wildman–Crippen LogP) is 4.29. The third kappa shape index (κ3) is 5.78. The van der Waals surface area contributed by atoms with E-state index in [0.717, 1.165) is 54.8 Å². The number of benzene rings is 2. The first-order valence-corrected chi connectivity index (χ1v) is 12.2. The highest BCUT2D eigenvalue weighted by Gasteiger charge is 2.18. The van der Waals surface area contributed by atoms with Gasteiger partial charge >= 0.3 is 0 Å². The van der Waals surface area contributed by atoms with Crippen LogP contribution in [-0.4, -0.2) is 57.6 Å². The number of hydrogen-bond donors (Lipinski definition) is 0. The Morgan fingerprint density at radius 2 is 1.75 bits per heavy atom. The highest BCUT2D eigenvalue weighted by molar-refractivity contribution is 7.99. The normalized spacial score (nSPS) is 14.0. The van der Waals surface area contributed by atoms with E-state index in [9.17, 15) is 4.79 Å². The van der Waals surface area contributed by atoms with Gasteiger partial charge in [-0.25, -0.2) is 0 Å². The minimum absolute atomic E-state index is 0.242. The predicted molar refractivity (Wildman–Crippen MR) is 127 cm³/mol. The highest BCUT2D eigenvalue weighted by Crippen LogP contribution is 2.26. The van der Waals surface area contributed by atoms with Crippen LogP contribution in [0.1, 0.15) is 36.2 Å². The average Bonchev–Trinajstić information content (AvgIpc) is 3.22. The van der Waals surface area contributed by atoms with E-state index >= 15 is 0 Å². The molecule has 0 spiro atoms. The van der Waals surface area contributed by atoms with Crippen LogP contribution in [0.3, 0.4) is 0 Å². The zero-order valence-electron chi connectivity index (χ0n) is 18.6. The van der Waals surface area contributed by atoms with E-state index in [4.69, 9.17) is 4.74 Å². The van der Waals surface area contributed by atoms with Crippen molar-refractivity contribution in [2.24, 2.45) is 0 Å². The molecule has 2 heterocycles. The quantitative estimate of drug-likeness (QED) is 0.360. The second-order valence-electron chi connectivity index (χ2n) is 7.98. The van der Waals surface area contributed by atoms with E-state index in [-0.39, 0.29) is 5.91 Å². The van der Waals surface area contributed by atoms with Gasteiger partial charge in [0.05, 0.1) is 18.9 Å². The summed E-state index contributed by atoms with van der Waals surface area (Å²) in [5.41, 5.74) is 3.53. The van der Waals surface area contributed by atoms with Crippen molar-refractivity contribution in [1.82, 2.24) is 19.7 Å². The monoisotopic (exact) mass is 450 g/mol. The Kier molecular flexibility index (Phi) is 7.96. The lowest BCUT2D eigenvalue weighted by Crippen LogP contribution is -2.40. The fourth-order valence-corrected chi connectivity index (χ4v) is 4.82. The Balaban J connectivity index is 1.39. The van der Waals surface area contributed by atoms with E-state index in [1.807, 2.05) is 11.0 Å². The molecule has 7 heteroatoms. The molecular formula is C25H30N4O2S. The molecule has 1 aliphatic heterocycles. The van der Waals surface area contributed by atoms with Crippen molar-refractivity contribution in [1.29, 1.82) is 0 Å². The number of unbranched alkanes of at least 4 members (excludes halogenated alkanes) is 1. The van der Waals surface area contributed by atoms with Crippen LogP contribution in [0.2, 0.25) is 0 Å². The molecule has 6 nitrogen and oxygen atoms in total. The maximum atomic E-state index is 12.3. The fourth-order valence-electron chi connectivity index (χ4n) is 3.86. The van der Waals surface area contributed by atoms with Gasteiger partial charge in [0.25, 0.3) is 0 Å². The Labute approximate surface area is 194 Å². The summed E-state index contributed by atoms with van der Waals surface area (Å²) in [6, 6.07) is 18.7. The summed E-state index contributed by atoms with van der Waals surface area (Å²) in [6.07, 6.45) is 3.19. The number of rotatable bonds is 9. The molecule has 1 aliphatic rings. The highest BCUT2D eigenvalue weighted by atomic mass is 32.2. The van der Waals surface area contributed by atoms with Crippen molar-refractivity contribution in [2.75, 3.05) is 32.1 Å². The van der Waals surface area contributed by atoms with E-state index in [2.05, 4.69) is 70.2 Å². The van der Waals surface area contributed by atoms with Crippen molar-refractivity contribution < 1.29 is 9.53 Å². The first kappa shape index (κ1) is 22.6. The summed E-state index contributed by atoms with van der Waals surface area (Å²) in [7, 11) is 0. The van der Waals surface area contributed by atoms with Gasteiger partial charge in [-0.3, -0.25) is 9.36 Å². The van der Waals surface area contributed by atoms with Crippen LogP contribution in [0, 0.1) is 6.92 Å². The van der Waals surface area contributed by atoms with Gasteiger partial charge in [0.1, 0.15) is 5.82 Å². The lowest BCUT2D eigenvalue weighted by molar-refractivity contribution is -0.135. The van der Waals surface area contributed by atoms with Crippen LogP contribution < -0.4 is 0 Å². The molecule has 1 amide bonds. The van der Waals surface area contributed by atoms with Crippen molar-refractivity contribution in [3.63, 3.8) is 0 Å². The zero-order chi connectivity index (χ0) is 22.2. The number of thioether (sulfide) groups is 1. The molecule has 0 bridgehead atoms. The number of carbonyl (C=O) groups is 1. The third-order valence-electron chi connectivity index (χ3n) is 5.64. The molecular weight excluding hydrogens is 420 g/mol. The molecule has 1 aromatic heterocycles. The van der Waals surface area contributed by atoms with Gasteiger partial charge in [0.15, 0.2) is 5.16 Å². The minimum atomic E-state index is 0.242. The summed E-state index contributed by atoms with van der Waals surface area (Å²) in [4.78, 5) is 14.2. The Hall–Kier alpha value is -2.64. The summed E-state index contributed by atoms with van der Waals surface area (Å²) in [5.74, 6) is 2.09. The van der Waals surface area contributed by atoms with Gasteiger partial charge < -0.3 is 9.64 Å². The van der Waals surface area contributed by atoms with E-state index < -0.39 is 0 Å². The maximum absolute atomic E-state index is 12.3. The number of carbonyl (C=O) groups excluding carboxylic acids is 1. The Morgan fingerprint density at radius 3 is 2.53 bits per heavy atom. The number of nitrogens with zero attached hydrogens (tertiary/aromatic N) is 4. The number of aryl methyl sites for hydroxylation is 1. The largest absolute Gasteiger partial charge is 0.378 e. The lowest BCUT2D eigenvalue weighted by atomic mass is 10.1. The van der Waals surface area contributed by atoms with Gasteiger partial charge in [-0.15, -0.1) is 10.2 Å². The Bertz CT molecular complexity index is 1020. The van der Waals surface area contributed by atoms with Crippen LogP contribution in [0.25, 0.3) is 5.69 Å². The number of ether oxygens (including phenoxy) is 1. The molecule has 32 heavy (non-hydrogen) atoms. The van der Waals surface area contributed by atoms with E-state index in [1.165, 1.54) is 11.1 Å². The van der Waals surface area contributed by atoms with E-state index in [0.29, 0.717) is 19.6 Å². The molecule has 0 saturated carbocycles. The number of para-hydroxylation sites is 1. The number of hydrogen-bond acceptors (Lipinski definition) is 5. The van der Waals surface area contributed by atoms with Crippen LogP contribution in [0.15, 0.2) is 59.8 Å². The summed E-state index contributed by atoms with van der Waals surface area (Å²) in [5, 5.41) is 9.97. The molecule has 168 valence electrons. The number of morpholine rings is 1. The second kappa shape index (κ2) is 11.3. The van der Waals surface area contributed by atoms with Crippen molar-refractivity contribution in [2.45, 2.75) is 37.8 Å². The molecule has 0 N–H and O–H groups in total. The van der Waals surface area contributed by atoms with Gasteiger partial charge in [-0.2, -0.15) is 0 Å². The molecule has 3 aromatic rings. The minimum Gasteiger partial charge on any atom is -0.378 e. The van der Waals surface area contributed by atoms with Crippen LogP contribution in [0.5, 0.6) is 0 Å². The van der Waals surface area contributed by atoms with Gasteiger partial charge in [0.2, 0.25) is 5.91 Å². The zero-order valence-corrected chi connectivity index (χ0v) is 19.4. The fraction of sp³-hybridized carbons (Fsp3) is 0.400. The van der Waals surface area contributed by atoms with Crippen LogP contribution >= 0.6 is 11.8 Å².